The second-order valence-corrected chi connectivity index (χ2v) is 6.40. The number of hydrogen-bond donors (Lipinski definition) is 1. The summed E-state index contributed by atoms with van der Waals surface area (Å²) in [5.41, 5.74) is 1.47. The Balaban J connectivity index is 1.91. The van der Waals surface area contributed by atoms with Gasteiger partial charge in [0.15, 0.2) is 0 Å². The molecule has 2 saturated carbocycles. The number of benzene rings is 1. The molecule has 1 amide bonds. The summed E-state index contributed by atoms with van der Waals surface area (Å²) in [7, 11) is 3.46. The van der Waals surface area contributed by atoms with Crippen LogP contribution < -0.4 is 10.1 Å². The number of ether oxygens (including phenoxy) is 1. The van der Waals surface area contributed by atoms with Crippen LogP contribution in [0.2, 0.25) is 0 Å². The lowest BCUT2D eigenvalue weighted by molar-refractivity contribution is -0.131. The summed E-state index contributed by atoms with van der Waals surface area (Å²) in [6.07, 6.45) is 6.57. The summed E-state index contributed by atoms with van der Waals surface area (Å²) >= 11 is 0. The molecule has 3 heteroatoms. The van der Waals surface area contributed by atoms with Gasteiger partial charge in [-0.15, -0.1) is 0 Å². The fourth-order valence-corrected chi connectivity index (χ4v) is 4.40. The molecule has 0 aromatic heterocycles. The van der Waals surface area contributed by atoms with Crippen molar-refractivity contribution in [2.75, 3.05) is 14.2 Å². The summed E-state index contributed by atoms with van der Waals surface area (Å²) in [5.74, 6) is 1.14. The molecular formula is C17H23NO2. The average molecular weight is 273 g/mol. The minimum Gasteiger partial charge on any atom is -0.497 e. The van der Waals surface area contributed by atoms with Crippen LogP contribution in [0.4, 0.5) is 0 Å². The molecule has 2 atom stereocenters. The molecule has 0 aliphatic heterocycles. The number of rotatable bonds is 3. The van der Waals surface area contributed by atoms with Crippen LogP contribution in [0.3, 0.4) is 0 Å². The van der Waals surface area contributed by atoms with Gasteiger partial charge in [-0.25, -0.2) is 0 Å². The number of hydrogen-bond acceptors (Lipinski definition) is 2. The lowest BCUT2D eigenvalue weighted by atomic mass is 9.66. The van der Waals surface area contributed by atoms with Gasteiger partial charge in [-0.2, -0.15) is 0 Å². The third-order valence-electron chi connectivity index (χ3n) is 5.48. The summed E-state index contributed by atoms with van der Waals surface area (Å²) in [6, 6.07) is 8.45. The van der Waals surface area contributed by atoms with Gasteiger partial charge < -0.3 is 10.1 Å². The van der Waals surface area contributed by atoms with Gasteiger partial charge in [-0.3, -0.25) is 4.79 Å². The zero-order valence-corrected chi connectivity index (χ0v) is 12.4. The third kappa shape index (κ3) is 1.91. The van der Waals surface area contributed by atoms with Gasteiger partial charge in [-0.1, -0.05) is 18.6 Å². The quantitative estimate of drug-likeness (QED) is 0.919. The molecule has 0 heterocycles. The molecule has 2 aliphatic rings. The van der Waals surface area contributed by atoms with E-state index in [-0.39, 0.29) is 16.7 Å². The van der Waals surface area contributed by atoms with E-state index in [0.717, 1.165) is 37.9 Å². The van der Waals surface area contributed by atoms with E-state index in [1.807, 2.05) is 12.1 Å². The summed E-state index contributed by atoms with van der Waals surface area (Å²) in [4.78, 5) is 12.3. The Morgan fingerprint density at radius 3 is 2.55 bits per heavy atom. The van der Waals surface area contributed by atoms with Crippen molar-refractivity contribution in [3.05, 3.63) is 29.8 Å². The molecule has 0 saturated heterocycles. The van der Waals surface area contributed by atoms with Crippen molar-refractivity contribution < 1.29 is 9.53 Å². The number of carbonyl (C=O) groups excluding carboxylic acids is 1. The van der Waals surface area contributed by atoms with Crippen LogP contribution in [0.25, 0.3) is 0 Å². The number of carbonyl (C=O) groups is 1. The van der Waals surface area contributed by atoms with Gasteiger partial charge >= 0.3 is 0 Å². The molecule has 0 spiro atoms. The van der Waals surface area contributed by atoms with E-state index >= 15 is 0 Å². The van der Waals surface area contributed by atoms with Gasteiger partial charge in [0.1, 0.15) is 5.75 Å². The molecule has 0 radical (unpaired) electrons. The van der Waals surface area contributed by atoms with Crippen molar-refractivity contribution in [3.63, 3.8) is 0 Å². The van der Waals surface area contributed by atoms with Crippen molar-refractivity contribution in [1.29, 1.82) is 0 Å². The maximum Gasteiger partial charge on any atom is 0.225 e. The normalized spacial score (nSPS) is 31.9. The number of amides is 1. The molecule has 2 unspecified atom stereocenters. The van der Waals surface area contributed by atoms with Crippen molar-refractivity contribution in [1.82, 2.24) is 5.32 Å². The summed E-state index contributed by atoms with van der Waals surface area (Å²) in [6.45, 7) is 0. The average Bonchev–Trinajstić information content (AvgIpc) is 2.79. The van der Waals surface area contributed by atoms with Crippen molar-refractivity contribution in [3.8, 4) is 5.75 Å². The molecular weight excluding hydrogens is 250 g/mol. The zero-order chi connectivity index (χ0) is 14.2. The predicted molar refractivity (Wildman–Crippen MR) is 78.9 cm³/mol. The highest BCUT2D eigenvalue weighted by atomic mass is 16.5. The molecule has 3 rings (SSSR count). The largest absolute Gasteiger partial charge is 0.497 e. The molecule has 2 aliphatic carbocycles. The van der Waals surface area contributed by atoms with Gasteiger partial charge in [0.05, 0.1) is 12.5 Å². The first-order valence-corrected chi connectivity index (χ1v) is 7.51. The molecule has 2 fully saturated rings. The van der Waals surface area contributed by atoms with E-state index in [1.54, 1.807) is 14.2 Å². The minimum absolute atomic E-state index is 0.118. The Morgan fingerprint density at radius 1 is 1.15 bits per heavy atom. The van der Waals surface area contributed by atoms with Crippen LogP contribution in [0.1, 0.15) is 44.1 Å². The van der Waals surface area contributed by atoms with Crippen molar-refractivity contribution in [2.24, 2.45) is 5.41 Å². The maximum atomic E-state index is 12.3. The van der Waals surface area contributed by atoms with Gasteiger partial charge in [0.2, 0.25) is 5.91 Å². The highest BCUT2D eigenvalue weighted by Crippen LogP contribution is 2.59. The number of methoxy groups -OCH3 is 1. The first-order valence-electron chi connectivity index (χ1n) is 7.51. The molecule has 108 valence electrons. The first kappa shape index (κ1) is 13.5. The predicted octanol–water partition coefficient (Wildman–Crippen LogP) is 3.03. The Hall–Kier alpha value is -1.51. The van der Waals surface area contributed by atoms with Gasteiger partial charge in [-0.05, 0) is 55.2 Å². The van der Waals surface area contributed by atoms with E-state index in [2.05, 4.69) is 17.4 Å². The zero-order valence-electron chi connectivity index (χ0n) is 12.4. The van der Waals surface area contributed by atoms with E-state index in [9.17, 15) is 4.79 Å². The van der Waals surface area contributed by atoms with Crippen molar-refractivity contribution in [2.45, 2.75) is 43.9 Å². The van der Waals surface area contributed by atoms with Crippen molar-refractivity contribution >= 4 is 5.91 Å². The summed E-state index contributed by atoms with van der Waals surface area (Å²) in [5, 5.41) is 2.88. The fourth-order valence-electron chi connectivity index (χ4n) is 4.40. The van der Waals surface area contributed by atoms with Crippen LogP contribution in [-0.4, -0.2) is 20.1 Å². The molecule has 1 aromatic carbocycles. The Labute approximate surface area is 120 Å². The number of nitrogens with one attached hydrogen (secondary N) is 1. The second kappa shape index (κ2) is 4.80. The molecule has 2 bridgehead atoms. The Bertz CT molecular complexity index is 510. The number of fused-ring (bicyclic) bond motifs is 2. The van der Waals surface area contributed by atoms with Gasteiger partial charge in [0.25, 0.3) is 0 Å². The molecule has 1 aromatic rings. The SMILES string of the molecule is CNC(=O)C12CCCC(c3ccc(OC)cc3)(CC1)C2. The van der Waals surface area contributed by atoms with Crippen LogP contribution in [0.5, 0.6) is 5.75 Å². The van der Waals surface area contributed by atoms with E-state index in [4.69, 9.17) is 4.74 Å². The Kier molecular flexibility index (Phi) is 3.23. The lowest BCUT2D eigenvalue weighted by Gasteiger charge is -2.38. The topological polar surface area (TPSA) is 38.3 Å². The highest BCUT2D eigenvalue weighted by Gasteiger charge is 2.54. The fraction of sp³-hybridized carbons (Fsp3) is 0.588. The first-order chi connectivity index (χ1) is 9.64. The van der Waals surface area contributed by atoms with Gasteiger partial charge in [0, 0.05) is 7.05 Å². The van der Waals surface area contributed by atoms with Crippen LogP contribution in [0, 0.1) is 5.41 Å². The Morgan fingerprint density at radius 2 is 1.90 bits per heavy atom. The monoisotopic (exact) mass is 273 g/mol. The molecule has 1 N–H and O–H groups in total. The van der Waals surface area contributed by atoms with E-state index in [0.29, 0.717) is 0 Å². The van der Waals surface area contributed by atoms with Crippen LogP contribution >= 0.6 is 0 Å². The lowest BCUT2D eigenvalue weighted by Crippen LogP contribution is -2.41. The third-order valence-corrected chi connectivity index (χ3v) is 5.48. The second-order valence-electron chi connectivity index (χ2n) is 6.40. The minimum atomic E-state index is -0.118. The summed E-state index contributed by atoms with van der Waals surface area (Å²) < 4.78 is 5.24. The standard InChI is InChI=1S/C17H23NO2/c1-18-15(19)17-9-3-8-16(12-17,10-11-17)13-4-6-14(20-2)7-5-13/h4-7H,3,8-12H2,1-2H3,(H,18,19). The highest BCUT2D eigenvalue weighted by molar-refractivity contribution is 5.83. The van der Waals surface area contributed by atoms with E-state index in [1.165, 1.54) is 12.0 Å². The van der Waals surface area contributed by atoms with E-state index < -0.39 is 0 Å². The van der Waals surface area contributed by atoms with Crippen LogP contribution in [0.15, 0.2) is 24.3 Å². The smallest absolute Gasteiger partial charge is 0.225 e. The molecule has 3 nitrogen and oxygen atoms in total. The van der Waals surface area contributed by atoms with Crippen LogP contribution in [-0.2, 0) is 10.2 Å². The molecule has 20 heavy (non-hydrogen) atoms. The maximum absolute atomic E-state index is 12.3.